The van der Waals surface area contributed by atoms with Gasteiger partial charge in [0.1, 0.15) is 5.54 Å². The highest BCUT2D eigenvalue weighted by Crippen LogP contribution is 2.35. The molecule has 1 aliphatic carbocycles. The van der Waals surface area contributed by atoms with Gasteiger partial charge in [-0.05, 0) is 55.7 Å². The van der Waals surface area contributed by atoms with Gasteiger partial charge in [0, 0.05) is 18.7 Å². The van der Waals surface area contributed by atoms with Crippen molar-refractivity contribution in [3.63, 3.8) is 0 Å². The number of nitrogens with one attached hydrogen (secondary N) is 2. The number of nitrogens with zero attached hydrogens (tertiary/aromatic N) is 2. The number of carbonyl (C=O) groups is 4. The van der Waals surface area contributed by atoms with Gasteiger partial charge in [-0.15, -0.1) is 0 Å². The van der Waals surface area contributed by atoms with Crippen LogP contribution in [0.4, 0.5) is 10.5 Å². The molecule has 0 bridgehead atoms. The zero-order valence-corrected chi connectivity index (χ0v) is 16.6. The molecule has 1 spiro atoms. The summed E-state index contributed by atoms with van der Waals surface area (Å²) in [5, 5.41) is 3.62. The van der Waals surface area contributed by atoms with Gasteiger partial charge in [-0.2, -0.15) is 5.01 Å². The van der Waals surface area contributed by atoms with Crippen molar-refractivity contribution < 1.29 is 19.2 Å². The van der Waals surface area contributed by atoms with Gasteiger partial charge in [-0.25, -0.2) is 4.79 Å². The number of amides is 5. The minimum Gasteiger partial charge on any atom is -0.322 e. The second kappa shape index (κ2) is 7.50. The van der Waals surface area contributed by atoms with Crippen molar-refractivity contribution >= 4 is 29.4 Å². The second-order valence-corrected chi connectivity index (χ2v) is 8.36. The van der Waals surface area contributed by atoms with Crippen LogP contribution in [0.2, 0.25) is 0 Å². The van der Waals surface area contributed by atoms with Crippen LogP contribution < -0.4 is 15.6 Å². The molecule has 2 heterocycles. The lowest BCUT2D eigenvalue weighted by Crippen LogP contribution is -2.51. The summed E-state index contributed by atoms with van der Waals surface area (Å²) < 4.78 is 0. The molecule has 29 heavy (non-hydrogen) atoms. The fraction of sp³-hybridized carbons (Fsp3) is 0.524. The van der Waals surface area contributed by atoms with E-state index in [1.807, 2.05) is 12.1 Å². The summed E-state index contributed by atoms with van der Waals surface area (Å²) in [7, 11) is 0. The summed E-state index contributed by atoms with van der Waals surface area (Å²) in [5.74, 6) is -0.154. The fourth-order valence-corrected chi connectivity index (χ4v) is 4.38. The third-order valence-electron chi connectivity index (χ3n) is 6.21. The van der Waals surface area contributed by atoms with E-state index < -0.39 is 17.5 Å². The maximum atomic E-state index is 12.8. The van der Waals surface area contributed by atoms with Crippen LogP contribution >= 0.6 is 0 Å². The predicted molar refractivity (Wildman–Crippen MR) is 106 cm³/mol. The summed E-state index contributed by atoms with van der Waals surface area (Å²) in [6, 6.07) is 6.64. The van der Waals surface area contributed by atoms with Crippen molar-refractivity contribution in [3.8, 4) is 0 Å². The molecule has 2 saturated heterocycles. The van der Waals surface area contributed by atoms with Gasteiger partial charge in [0.15, 0.2) is 0 Å². The van der Waals surface area contributed by atoms with E-state index in [2.05, 4.69) is 17.7 Å². The Labute approximate surface area is 169 Å². The topological polar surface area (TPSA) is 98.8 Å². The quantitative estimate of drug-likeness (QED) is 0.757. The highest BCUT2D eigenvalue weighted by Gasteiger charge is 2.52. The Kier molecular flexibility index (Phi) is 5.02. The van der Waals surface area contributed by atoms with Gasteiger partial charge in [0.2, 0.25) is 11.8 Å². The highest BCUT2D eigenvalue weighted by atomic mass is 16.2. The van der Waals surface area contributed by atoms with Gasteiger partial charge in [-0.1, -0.05) is 19.1 Å². The van der Waals surface area contributed by atoms with Crippen molar-refractivity contribution in [2.24, 2.45) is 5.92 Å². The van der Waals surface area contributed by atoms with E-state index in [0.717, 1.165) is 35.5 Å². The first-order valence-corrected chi connectivity index (χ1v) is 10.2. The number of anilines is 1. The van der Waals surface area contributed by atoms with Crippen LogP contribution in [0.15, 0.2) is 24.3 Å². The van der Waals surface area contributed by atoms with Gasteiger partial charge in [-0.3, -0.25) is 19.8 Å². The third kappa shape index (κ3) is 3.71. The standard InChI is InChI=1S/C21H26N4O4/c1-14-8-10-21(11-9-14)19(28)25(20(29)22-21)23-17(26)13-15-4-6-16(7-5-15)24-12-2-3-18(24)27/h4-7,14H,2-3,8-13H2,1H3,(H,22,29)(H,23,26). The fourth-order valence-electron chi connectivity index (χ4n) is 4.38. The molecule has 0 aromatic heterocycles. The number of benzene rings is 1. The number of urea groups is 1. The summed E-state index contributed by atoms with van der Waals surface area (Å²) in [5.41, 5.74) is 3.14. The smallest absolute Gasteiger partial charge is 0.322 e. The minimum absolute atomic E-state index is 0.0370. The number of hydrogen-bond donors (Lipinski definition) is 2. The molecule has 3 fully saturated rings. The molecular formula is C21H26N4O4. The van der Waals surface area contributed by atoms with E-state index in [0.29, 0.717) is 31.7 Å². The average Bonchev–Trinajstić information content (AvgIpc) is 3.22. The third-order valence-corrected chi connectivity index (χ3v) is 6.21. The molecule has 1 saturated carbocycles. The van der Waals surface area contributed by atoms with Gasteiger partial charge >= 0.3 is 6.03 Å². The Morgan fingerprint density at radius 1 is 1.17 bits per heavy atom. The van der Waals surface area contributed by atoms with Crippen molar-refractivity contribution in [2.75, 3.05) is 11.4 Å². The summed E-state index contributed by atoms with van der Waals surface area (Å²) >= 11 is 0. The Bertz CT molecular complexity index is 843. The maximum absolute atomic E-state index is 12.8. The zero-order valence-electron chi connectivity index (χ0n) is 16.6. The number of carbonyl (C=O) groups excluding carboxylic acids is 4. The molecule has 0 unspecified atom stereocenters. The monoisotopic (exact) mass is 398 g/mol. The molecule has 3 aliphatic rings. The minimum atomic E-state index is -0.874. The Balaban J connectivity index is 1.36. The van der Waals surface area contributed by atoms with Gasteiger partial charge in [0.25, 0.3) is 5.91 Å². The maximum Gasteiger partial charge on any atom is 0.344 e. The van der Waals surface area contributed by atoms with Crippen LogP contribution in [-0.4, -0.2) is 40.8 Å². The van der Waals surface area contributed by atoms with Gasteiger partial charge in [0.05, 0.1) is 6.42 Å². The van der Waals surface area contributed by atoms with Crippen LogP contribution in [0.1, 0.15) is 51.0 Å². The van der Waals surface area contributed by atoms with Crippen LogP contribution in [0.5, 0.6) is 0 Å². The SMILES string of the molecule is CC1CCC2(CC1)NC(=O)N(NC(=O)Cc1ccc(N3CCCC3=O)cc1)C2=O. The van der Waals surface area contributed by atoms with Crippen LogP contribution in [0.3, 0.4) is 0 Å². The van der Waals surface area contributed by atoms with Crippen molar-refractivity contribution in [2.45, 2.75) is 57.4 Å². The lowest BCUT2D eigenvalue weighted by atomic mass is 9.77. The lowest BCUT2D eigenvalue weighted by molar-refractivity contribution is -0.139. The molecule has 0 atom stereocenters. The predicted octanol–water partition coefficient (Wildman–Crippen LogP) is 1.89. The molecule has 1 aromatic rings. The van der Waals surface area contributed by atoms with E-state index in [4.69, 9.17) is 0 Å². The zero-order chi connectivity index (χ0) is 20.6. The highest BCUT2D eigenvalue weighted by molar-refractivity contribution is 6.08. The van der Waals surface area contributed by atoms with Crippen LogP contribution in [0, 0.1) is 5.92 Å². The van der Waals surface area contributed by atoms with E-state index in [1.165, 1.54) is 0 Å². The second-order valence-electron chi connectivity index (χ2n) is 8.36. The Morgan fingerprint density at radius 2 is 1.86 bits per heavy atom. The first kappa shape index (κ1) is 19.4. The first-order valence-electron chi connectivity index (χ1n) is 10.2. The van der Waals surface area contributed by atoms with Crippen molar-refractivity contribution in [1.29, 1.82) is 0 Å². The average molecular weight is 398 g/mol. The molecule has 1 aromatic carbocycles. The normalized spacial score (nSPS) is 26.9. The number of rotatable bonds is 4. The largest absolute Gasteiger partial charge is 0.344 e. The van der Waals surface area contributed by atoms with E-state index in [9.17, 15) is 19.2 Å². The Morgan fingerprint density at radius 3 is 2.48 bits per heavy atom. The molecule has 0 radical (unpaired) electrons. The molecule has 4 rings (SSSR count). The number of hydrogen-bond acceptors (Lipinski definition) is 4. The number of imide groups is 1. The van der Waals surface area contributed by atoms with Gasteiger partial charge < -0.3 is 10.2 Å². The molecule has 8 nitrogen and oxygen atoms in total. The molecule has 8 heteroatoms. The summed E-state index contributed by atoms with van der Waals surface area (Å²) in [4.78, 5) is 51.1. The van der Waals surface area contributed by atoms with E-state index in [1.54, 1.807) is 17.0 Å². The lowest BCUT2D eigenvalue weighted by Gasteiger charge is -2.33. The van der Waals surface area contributed by atoms with E-state index in [-0.39, 0.29) is 18.2 Å². The Hall–Kier alpha value is -2.90. The molecule has 2 N–H and O–H groups in total. The molecule has 5 amide bonds. The molecular weight excluding hydrogens is 372 g/mol. The molecule has 2 aliphatic heterocycles. The summed E-state index contributed by atoms with van der Waals surface area (Å²) in [6.07, 6.45) is 4.41. The van der Waals surface area contributed by atoms with Crippen LogP contribution in [0.25, 0.3) is 0 Å². The van der Waals surface area contributed by atoms with Crippen molar-refractivity contribution in [1.82, 2.24) is 15.8 Å². The molecule has 154 valence electrons. The van der Waals surface area contributed by atoms with Crippen LogP contribution in [-0.2, 0) is 20.8 Å². The van der Waals surface area contributed by atoms with E-state index >= 15 is 0 Å². The number of hydrazine groups is 1. The first-order chi connectivity index (χ1) is 13.9. The summed E-state index contributed by atoms with van der Waals surface area (Å²) in [6.45, 7) is 2.85. The van der Waals surface area contributed by atoms with Crippen molar-refractivity contribution in [3.05, 3.63) is 29.8 Å².